The minimum atomic E-state index is -2.96. The highest BCUT2D eigenvalue weighted by molar-refractivity contribution is 7.20. The van der Waals surface area contributed by atoms with Gasteiger partial charge in [0.2, 0.25) is 0 Å². The molecule has 0 radical (unpaired) electrons. The van der Waals surface area contributed by atoms with E-state index in [1.165, 1.54) is 42.9 Å². The Labute approximate surface area is 270 Å². The Morgan fingerprint density at radius 2 is 0.913 bits per heavy atom. The highest BCUT2D eigenvalue weighted by Crippen LogP contribution is 2.32. The van der Waals surface area contributed by atoms with Crippen LogP contribution in [0.1, 0.15) is 5.56 Å². The molecule has 46 heavy (non-hydrogen) atoms. The Balaban J connectivity index is 1.38. The van der Waals surface area contributed by atoms with Crippen molar-refractivity contribution in [2.75, 3.05) is 0 Å². The zero-order valence-electron chi connectivity index (χ0n) is 25.2. The lowest BCUT2D eigenvalue weighted by molar-refractivity contribution is 1.18. The van der Waals surface area contributed by atoms with Gasteiger partial charge in [-0.2, -0.15) is 5.26 Å². The maximum Gasteiger partial charge on any atom is 0.181 e. The van der Waals surface area contributed by atoms with Gasteiger partial charge in [-0.05, 0) is 62.2 Å². The third-order valence-electron chi connectivity index (χ3n) is 9.21. The maximum atomic E-state index is 10.5. The molecule has 216 valence electrons. The van der Waals surface area contributed by atoms with Crippen LogP contribution in [0.3, 0.4) is 0 Å². The number of nitrogens with zero attached hydrogens (tertiary/aromatic N) is 2. The molecular weight excluding hydrogens is 573 g/mol. The molecule has 0 N–H and O–H groups in total. The van der Waals surface area contributed by atoms with E-state index in [1.54, 1.807) is 0 Å². The van der Waals surface area contributed by atoms with Crippen molar-refractivity contribution in [3.63, 3.8) is 0 Å². The van der Waals surface area contributed by atoms with E-state index in [2.05, 4.69) is 180 Å². The summed E-state index contributed by atoms with van der Waals surface area (Å²) in [4.78, 5) is 0. The van der Waals surface area contributed by atoms with Crippen LogP contribution in [0.15, 0.2) is 182 Å². The third-order valence-corrected chi connectivity index (χ3v) is 14.1. The summed E-state index contributed by atoms with van der Waals surface area (Å²) in [6.07, 6.45) is 0. The summed E-state index contributed by atoms with van der Waals surface area (Å²) in [5, 5.41) is 17.8. The van der Waals surface area contributed by atoms with Crippen molar-refractivity contribution in [1.82, 2.24) is 4.57 Å². The fourth-order valence-corrected chi connectivity index (χ4v) is 12.4. The lowest BCUT2D eigenvalue weighted by Gasteiger charge is -2.36. The number of nitriles is 1. The molecule has 0 amide bonds. The standard InChI is InChI=1S/C43H30N2Si/c44-31-33-15-7-13-25-42(33)46(35-16-3-1-4-17-35,36-18-5-2-6-19-36)43-26-14-10-20-37(43)32-27-29-34(30-28-32)45-40-23-11-8-21-38(40)39-22-9-12-24-41(39)45/h1-30H. The van der Waals surface area contributed by atoms with E-state index in [1.807, 2.05) is 12.1 Å². The van der Waals surface area contributed by atoms with E-state index >= 15 is 0 Å². The lowest BCUT2D eigenvalue weighted by Crippen LogP contribution is -2.75. The number of benzene rings is 7. The molecule has 0 saturated heterocycles. The van der Waals surface area contributed by atoms with E-state index in [-0.39, 0.29) is 0 Å². The van der Waals surface area contributed by atoms with Crippen molar-refractivity contribution in [2.24, 2.45) is 0 Å². The highest BCUT2D eigenvalue weighted by Gasteiger charge is 2.44. The second kappa shape index (κ2) is 11.5. The Kier molecular flexibility index (Phi) is 6.91. The van der Waals surface area contributed by atoms with Crippen LogP contribution in [0.25, 0.3) is 38.6 Å². The molecule has 0 aliphatic rings. The van der Waals surface area contributed by atoms with Crippen molar-refractivity contribution in [3.8, 4) is 22.9 Å². The molecule has 2 nitrogen and oxygen atoms in total. The van der Waals surface area contributed by atoms with E-state index < -0.39 is 8.07 Å². The summed E-state index contributed by atoms with van der Waals surface area (Å²) in [5.41, 5.74) is 6.58. The predicted molar refractivity (Wildman–Crippen MR) is 195 cm³/mol. The molecule has 0 bridgehead atoms. The van der Waals surface area contributed by atoms with Gasteiger partial charge in [0.1, 0.15) is 0 Å². The number of aromatic nitrogens is 1. The van der Waals surface area contributed by atoms with Crippen LogP contribution in [-0.4, -0.2) is 12.6 Å². The molecule has 3 heteroatoms. The summed E-state index contributed by atoms with van der Waals surface area (Å²) in [6.45, 7) is 0. The number of rotatable bonds is 6. The average Bonchev–Trinajstić information content (AvgIpc) is 3.48. The number of para-hydroxylation sites is 2. The molecule has 0 atom stereocenters. The zero-order chi connectivity index (χ0) is 30.9. The van der Waals surface area contributed by atoms with Crippen LogP contribution in [0.4, 0.5) is 0 Å². The normalized spacial score (nSPS) is 11.5. The molecule has 0 unspecified atom stereocenters. The largest absolute Gasteiger partial charge is 0.309 e. The number of hydrogen-bond donors (Lipinski definition) is 0. The van der Waals surface area contributed by atoms with E-state index in [0.29, 0.717) is 0 Å². The van der Waals surface area contributed by atoms with Crippen molar-refractivity contribution in [2.45, 2.75) is 0 Å². The van der Waals surface area contributed by atoms with Crippen LogP contribution in [0, 0.1) is 11.3 Å². The van der Waals surface area contributed by atoms with E-state index in [4.69, 9.17) is 0 Å². The monoisotopic (exact) mass is 602 g/mol. The van der Waals surface area contributed by atoms with Crippen LogP contribution >= 0.6 is 0 Å². The van der Waals surface area contributed by atoms with Gasteiger partial charge < -0.3 is 4.57 Å². The van der Waals surface area contributed by atoms with E-state index in [0.717, 1.165) is 22.0 Å². The van der Waals surface area contributed by atoms with Gasteiger partial charge in [0.15, 0.2) is 8.07 Å². The summed E-state index contributed by atoms with van der Waals surface area (Å²) < 4.78 is 2.36. The van der Waals surface area contributed by atoms with Gasteiger partial charge in [0, 0.05) is 16.5 Å². The summed E-state index contributed by atoms with van der Waals surface area (Å²) in [5.74, 6) is 0. The van der Waals surface area contributed by atoms with Crippen LogP contribution in [-0.2, 0) is 0 Å². The first kappa shape index (κ1) is 27.6. The second-order valence-electron chi connectivity index (χ2n) is 11.6. The minimum Gasteiger partial charge on any atom is -0.309 e. The summed E-state index contributed by atoms with van der Waals surface area (Å²) >= 11 is 0. The molecule has 0 saturated carbocycles. The smallest absolute Gasteiger partial charge is 0.181 e. The molecule has 7 aromatic carbocycles. The lowest BCUT2D eigenvalue weighted by atomic mass is 10.1. The van der Waals surface area contributed by atoms with Gasteiger partial charge >= 0.3 is 0 Å². The molecule has 0 aliphatic heterocycles. The number of hydrogen-bond acceptors (Lipinski definition) is 1. The van der Waals surface area contributed by atoms with Gasteiger partial charge in [-0.15, -0.1) is 0 Å². The number of fused-ring (bicyclic) bond motifs is 3. The molecule has 0 spiro atoms. The SMILES string of the molecule is N#Cc1ccccc1[Si](c1ccccc1)(c1ccccc1)c1ccccc1-c1ccc(-n2c3ccccc3c3ccccc32)cc1. The topological polar surface area (TPSA) is 28.7 Å². The summed E-state index contributed by atoms with van der Waals surface area (Å²) in [6, 6.07) is 67.4. The van der Waals surface area contributed by atoms with Gasteiger partial charge in [-0.3, -0.25) is 0 Å². The van der Waals surface area contributed by atoms with Gasteiger partial charge in [0.25, 0.3) is 0 Å². The Morgan fingerprint density at radius 3 is 1.50 bits per heavy atom. The van der Waals surface area contributed by atoms with Crippen LogP contribution in [0.2, 0.25) is 0 Å². The molecule has 1 heterocycles. The van der Waals surface area contributed by atoms with Crippen molar-refractivity contribution in [3.05, 3.63) is 188 Å². The van der Waals surface area contributed by atoms with Crippen LogP contribution in [0.5, 0.6) is 0 Å². The molecule has 8 rings (SSSR count). The maximum absolute atomic E-state index is 10.5. The highest BCUT2D eigenvalue weighted by atomic mass is 28.3. The third kappa shape index (κ3) is 4.31. The quantitative estimate of drug-likeness (QED) is 0.142. The Morgan fingerprint density at radius 1 is 0.435 bits per heavy atom. The van der Waals surface area contributed by atoms with Gasteiger partial charge in [0.05, 0.1) is 22.7 Å². The van der Waals surface area contributed by atoms with Gasteiger partial charge in [-0.25, -0.2) is 0 Å². The summed E-state index contributed by atoms with van der Waals surface area (Å²) in [7, 11) is -2.96. The van der Waals surface area contributed by atoms with Crippen LogP contribution < -0.4 is 20.7 Å². The first-order chi connectivity index (χ1) is 22.8. The zero-order valence-corrected chi connectivity index (χ0v) is 26.2. The Bertz CT molecular complexity index is 2270. The first-order valence-corrected chi connectivity index (χ1v) is 17.6. The second-order valence-corrected chi connectivity index (χ2v) is 15.3. The van der Waals surface area contributed by atoms with Crippen molar-refractivity contribution >= 4 is 50.6 Å². The molecule has 0 fully saturated rings. The molecular formula is C43H30N2Si. The molecule has 8 aromatic rings. The Hall–Kier alpha value is -5.95. The molecule has 0 aliphatic carbocycles. The van der Waals surface area contributed by atoms with Gasteiger partial charge in [-0.1, -0.05) is 152 Å². The van der Waals surface area contributed by atoms with Crippen molar-refractivity contribution in [1.29, 1.82) is 5.26 Å². The predicted octanol–water partition coefficient (Wildman–Crippen LogP) is 7.70. The molecule has 1 aromatic heterocycles. The van der Waals surface area contributed by atoms with Crippen molar-refractivity contribution < 1.29 is 0 Å². The average molecular weight is 603 g/mol. The first-order valence-electron chi connectivity index (χ1n) is 15.6. The minimum absolute atomic E-state index is 0.721. The fraction of sp³-hybridized carbons (Fsp3) is 0. The van der Waals surface area contributed by atoms with E-state index in [9.17, 15) is 5.26 Å². The fourth-order valence-electron chi connectivity index (χ4n) is 7.27.